The molecule has 0 heterocycles. The molecular weight excluding hydrogens is 284 g/mol. The standard InChI is InChI=1S/C16H20N2O2S/c1-12-9-14(5-8-16(12)17)11-18-10-13-3-6-15(7-4-13)21(2,19)20/h3-9,18H,10-11,17H2,1-2H3. The van der Waals surface area contributed by atoms with Gasteiger partial charge in [-0.05, 0) is 41.8 Å². The number of aryl methyl sites for hydroxylation is 1. The summed E-state index contributed by atoms with van der Waals surface area (Å²) in [6, 6.07) is 12.9. The molecule has 0 aliphatic rings. The third-order valence-electron chi connectivity index (χ3n) is 3.34. The van der Waals surface area contributed by atoms with Crippen LogP contribution in [0.2, 0.25) is 0 Å². The van der Waals surface area contributed by atoms with Gasteiger partial charge in [0.15, 0.2) is 9.84 Å². The second kappa shape index (κ2) is 6.28. The Bertz CT molecular complexity index is 722. The molecule has 0 amide bonds. The highest BCUT2D eigenvalue weighted by atomic mass is 32.2. The third-order valence-corrected chi connectivity index (χ3v) is 4.47. The van der Waals surface area contributed by atoms with Crippen LogP contribution in [0.15, 0.2) is 47.4 Å². The predicted molar refractivity (Wildman–Crippen MR) is 85.7 cm³/mol. The zero-order valence-corrected chi connectivity index (χ0v) is 13.1. The van der Waals surface area contributed by atoms with Crippen molar-refractivity contribution in [3.63, 3.8) is 0 Å². The Labute approximate surface area is 125 Å². The Morgan fingerprint density at radius 3 is 2.14 bits per heavy atom. The highest BCUT2D eigenvalue weighted by Gasteiger charge is 2.05. The van der Waals surface area contributed by atoms with Crippen LogP contribution in [0.1, 0.15) is 16.7 Å². The first-order valence-electron chi connectivity index (χ1n) is 6.71. The Kier molecular flexibility index (Phi) is 4.65. The highest BCUT2D eigenvalue weighted by Crippen LogP contribution is 2.13. The van der Waals surface area contributed by atoms with Crippen molar-refractivity contribution < 1.29 is 8.42 Å². The predicted octanol–water partition coefficient (Wildman–Crippen LogP) is 2.27. The van der Waals surface area contributed by atoms with Gasteiger partial charge in [-0.15, -0.1) is 0 Å². The van der Waals surface area contributed by atoms with Crippen molar-refractivity contribution in [1.82, 2.24) is 5.32 Å². The van der Waals surface area contributed by atoms with E-state index in [2.05, 4.69) is 11.4 Å². The molecule has 4 nitrogen and oxygen atoms in total. The first-order chi connectivity index (χ1) is 9.86. The molecule has 0 aliphatic carbocycles. The topological polar surface area (TPSA) is 72.2 Å². The molecule has 0 saturated heterocycles. The van der Waals surface area contributed by atoms with E-state index in [4.69, 9.17) is 5.73 Å². The Morgan fingerprint density at radius 1 is 1.00 bits per heavy atom. The summed E-state index contributed by atoms with van der Waals surface area (Å²) in [6.07, 6.45) is 1.21. The molecule has 0 saturated carbocycles. The molecule has 112 valence electrons. The first kappa shape index (κ1) is 15.5. The van der Waals surface area contributed by atoms with Gasteiger partial charge in [0, 0.05) is 25.0 Å². The molecule has 2 aromatic rings. The van der Waals surface area contributed by atoms with E-state index >= 15 is 0 Å². The minimum atomic E-state index is -3.12. The van der Waals surface area contributed by atoms with Crippen LogP contribution in [0.5, 0.6) is 0 Å². The monoisotopic (exact) mass is 304 g/mol. The Hall–Kier alpha value is -1.85. The number of hydrogen-bond acceptors (Lipinski definition) is 4. The Morgan fingerprint density at radius 2 is 1.57 bits per heavy atom. The first-order valence-corrected chi connectivity index (χ1v) is 8.60. The fraction of sp³-hybridized carbons (Fsp3) is 0.250. The molecule has 0 bridgehead atoms. The number of rotatable bonds is 5. The van der Waals surface area contributed by atoms with Crippen LogP contribution in [-0.2, 0) is 22.9 Å². The Balaban J connectivity index is 1.93. The maximum Gasteiger partial charge on any atom is 0.175 e. The lowest BCUT2D eigenvalue weighted by molar-refractivity contribution is 0.602. The van der Waals surface area contributed by atoms with Crippen LogP contribution >= 0.6 is 0 Å². The molecule has 21 heavy (non-hydrogen) atoms. The second-order valence-corrected chi connectivity index (χ2v) is 7.23. The molecule has 0 aliphatic heterocycles. The normalized spacial score (nSPS) is 11.5. The second-order valence-electron chi connectivity index (χ2n) is 5.21. The number of nitrogens with two attached hydrogens (primary N) is 1. The largest absolute Gasteiger partial charge is 0.399 e. The number of hydrogen-bond donors (Lipinski definition) is 2. The van der Waals surface area contributed by atoms with Crippen molar-refractivity contribution in [3.8, 4) is 0 Å². The zero-order valence-electron chi connectivity index (χ0n) is 12.3. The van der Waals surface area contributed by atoms with E-state index in [0.717, 1.165) is 23.4 Å². The van der Waals surface area contributed by atoms with Crippen LogP contribution in [0.25, 0.3) is 0 Å². The smallest absolute Gasteiger partial charge is 0.175 e. The van der Waals surface area contributed by atoms with Crippen LogP contribution < -0.4 is 11.1 Å². The highest BCUT2D eigenvalue weighted by molar-refractivity contribution is 7.90. The van der Waals surface area contributed by atoms with Gasteiger partial charge >= 0.3 is 0 Å². The van der Waals surface area contributed by atoms with Gasteiger partial charge in [0.1, 0.15) is 0 Å². The van der Waals surface area contributed by atoms with E-state index < -0.39 is 9.84 Å². The van der Waals surface area contributed by atoms with Crippen LogP contribution in [0.4, 0.5) is 5.69 Å². The van der Waals surface area contributed by atoms with Gasteiger partial charge in [-0.2, -0.15) is 0 Å². The van der Waals surface area contributed by atoms with Crippen molar-refractivity contribution in [2.24, 2.45) is 0 Å². The van der Waals surface area contributed by atoms with Crippen molar-refractivity contribution in [2.75, 3.05) is 12.0 Å². The molecule has 0 spiro atoms. The number of benzene rings is 2. The van der Waals surface area contributed by atoms with Crippen molar-refractivity contribution in [3.05, 3.63) is 59.2 Å². The molecule has 5 heteroatoms. The van der Waals surface area contributed by atoms with Crippen LogP contribution in [0, 0.1) is 6.92 Å². The fourth-order valence-corrected chi connectivity index (χ4v) is 2.68. The maximum atomic E-state index is 11.4. The summed E-state index contributed by atoms with van der Waals surface area (Å²) in [4.78, 5) is 0.348. The van der Waals surface area contributed by atoms with Gasteiger partial charge in [0.05, 0.1) is 4.90 Å². The van der Waals surface area contributed by atoms with E-state index in [9.17, 15) is 8.42 Å². The van der Waals surface area contributed by atoms with Gasteiger partial charge in [-0.1, -0.05) is 24.3 Å². The minimum Gasteiger partial charge on any atom is -0.399 e. The number of anilines is 1. The average molecular weight is 304 g/mol. The summed E-state index contributed by atoms with van der Waals surface area (Å²) in [5.74, 6) is 0. The van der Waals surface area contributed by atoms with Gasteiger partial charge in [-0.3, -0.25) is 0 Å². The average Bonchev–Trinajstić information content (AvgIpc) is 2.42. The fourth-order valence-electron chi connectivity index (χ4n) is 2.05. The summed E-state index contributed by atoms with van der Waals surface area (Å²) < 4.78 is 22.8. The van der Waals surface area contributed by atoms with Crippen LogP contribution in [0.3, 0.4) is 0 Å². The maximum absolute atomic E-state index is 11.4. The lowest BCUT2D eigenvalue weighted by atomic mass is 10.1. The van der Waals surface area contributed by atoms with Gasteiger partial charge in [-0.25, -0.2) is 8.42 Å². The quantitative estimate of drug-likeness (QED) is 0.831. The molecule has 0 atom stereocenters. The lowest BCUT2D eigenvalue weighted by Crippen LogP contribution is -2.13. The molecule has 0 radical (unpaired) electrons. The summed E-state index contributed by atoms with van der Waals surface area (Å²) in [7, 11) is -3.12. The summed E-state index contributed by atoms with van der Waals surface area (Å²) >= 11 is 0. The van der Waals surface area contributed by atoms with Gasteiger partial charge in [0.25, 0.3) is 0 Å². The van der Waals surface area contributed by atoms with Crippen molar-refractivity contribution in [2.45, 2.75) is 24.9 Å². The molecule has 3 N–H and O–H groups in total. The van der Waals surface area contributed by atoms with E-state index in [1.807, 2.05) is 31.2 Å². The molecule has 0 fully saturated rings. The number of nitrogens with one attached hydrogen (secondary N) is 1. The van der Waals surface area contributed by atoms with E-state index in [0.29, 0.717) is 11.4 Å². The van der Waals surface area contributed by atoms with E-state index in [1.165, 1.54) is 11.8 Å². The van der Waals surface area contributed by atoms with Gasteiger partial charge < -0.3 is 11.1 Å². The lowest BCUT2D eigenvalue weighted by Gasteiger charge is -2.08. The number of sulfone groups is 1. The van der Waals surface area contributed by atoms with E-state index in [-0.39, 0.29) is 0 Å². The molecule has 2 aromatic carbocycles. The summed E-state index contributed by atoms with van der Waals surface area (Å²) in [5, 5.41) is 3.33. The molecule has 2 rings (SSSR count). The minimum absolute atomic E-state index is 0.348. The SMILES string of the molecule is Cc1cc(CNCc2ccc(S(C)(=O)=O)cc2)ccc1N. The van der Waals surface area contributed by atoms with Crippen molar-refractivity contribution in [1.29, 1.82) is 0 Å². The molecular formula is C16H20N2O2S. The van der Waals surface area contributed by atoms with Crippen molar-refractivity contribution >= 4 is 15.5 Å². The van der Waals surface area contributed by atoms with Crippen LogP contribution in [-0.4, -0.2) is 14.7 Å². The molecule has 0 unspecified atom stereocenters. The zero-order chi connectivity index (χ0) is 15.5. The summed E-state index contributed by atoms with van der Waals surface area (Å²) in [5.41, 5.74) is 9.89. The molecule has 0 aromatic heterocycles. The van der Waals surface area contributed by atoms with Gasteiger partial charge in [0.2, 0.25) is 0 Å². The summed E-state index contributed by atoms with van der Waals surface area (Å²) in [6.45, 7) is 3.42. The number of nitrogen functional groups attached to an aromatic ring is 1. The third kappa shape index (κ3) is 4.31. The van der Waals surface area contributed by atoms with E-state index in [1.54, 1.807) is 12.1 Å².